The molecule has 1 atom stereocenters. The molecule has 8 heteroatoms. The van der Waals surface area contributed by atoms with E-state index in [0.717, 1.165) is 10.5 Å². The minimum absolute atomic E-state index is 0.00327. The number of nitrogens with one attached hydrogen (secondary N) is 2. The molecule has 3 aromatic rings. The molecular formula is C26H25ClN4O3. The lowest BCUT2D eigenvalue weighted by atomic mass is 9.83. The average molecular weight is 477 g/mol. The molecule has 0 spiro atoms. The van der Waals surface area contributed by atoms with Crippen molar-refractivity contribution in [3.05, 3.63) is 101 Å². The van der Waals surface area contributed by atoms with E-state index >= 15 is 0 Å². The lowest BCUT2D eigenvalue weighted by Crippen LogP contribution is -2.47. The van der Waals surface area contributed by atoms with Gasteiger partial charge in [-0.15, -0.1) is 0 Å². The number of nitrogens with zero attached hydrogens (tertiary/aromatic N) is 2. The van der Waals surface area contributed by atoms with E-state index < -0.39 is 11.6 Å². The van der Waals surface area contributed by atoms with Gasteiger partial charge in [-0.25, -0.2) is 9.69 Å². The first-order valence-electron chi connectivity index (χ1n) is 10.8. The Morgan fingerprint density at radius 3 is 2.24 bits per heavy atom. The van der Waals surface area contributed by atoms with Crippen LogP contribution in [-0.4, -0.2) is 47.9 Å². The molecule has 0 bridgehead atoms. The number of carbonyl (C=O) groups excluding carboxylic acids is 3. The van der Waals surface area contributed by atoms with E-state index in [1.165, 1.54) is 0 Å². The van der Waals surface area contributed by atoms with E-state index in [-0.39, 0.29) is 25.0 Å². The van der Waals surface area contributed by atoms with Gasteiger partial charge in [0.2, 0.25) is 5.91 Å². The van der Waals surface area contributed by atoms with Gasteiger partial charge in [0.25, 0.3) is 5.91 Å². The molecule has 174 valence electrons. The maximum absolute atomic E-state index is 13.7. The monoisotopic (exact) mass is 476 g/mol. The standard InChI is InChI=1S/C26H25ClN4O3/c1-30(17-23(32)28-22-14-12-21(27)13-15-22)18-31-24(33)26(29-25(31)34,20-10-6-3-7-11-20)16-19-8-4-2-5-9-19/h2-15H,16-18H2,1H3,(H,28,32)(H,29,34)/t26-/m0/s1. The minimum Gasteiger partial charge on any atom is -0.325 e. The van der Waals surface area contributed by atoms with Crippen molar-refractivity contribution in [3.8, 4) is 0 Å². The zero-order valence-electron chi connectivity index (χ0n) is 18.7. The number of carbonyl (C=O) groups is 3. The summed E-state index contributed by atoms with van der Waals surface area (Å²) >= 11 is 5.88. The molecule has 1 saturated heterocycles. The van der Waals surface area contributed by atoms with E-state index in [2.05, 4.69) is 10.6 Å². The molecule has 7 nitrogen and oxygen atoms in total. The van der Waals surface area contributed by atoms with Crippen molar-refractivity contribution in [1.29, 1.82) is 0 Å². The molecule has 1 fully saturated rings. The van der Waals surface area contributed by atoms with Crippen LogP contribution in [0.5, 0.6) is 0 Å². The third-order valence-corrected chi connectivity index (χ3v) is 5.93. The van der Waals surface area contributed by atoms with E-state index in [9.17, 15) is 14.4 Å². The second kappa shape index (κ2) is 10.1. The number of benzene rings is 3. The smallest absolute Gasteiger partial charge is 0.325 e. The third-order valence-electron chi connectivity index (χ3n) is 5.68. The molecule has 0 radical (unpaired) electrons. The molecule has 1 heterocycles. The summed E-state index contributed by atoms with van der Waals surface area (Å²) in [7, 11) is 1.68. The maximum atomic E-state index is 13.7. The van der Waals surface area contributed by atoms with Gasteiger partial charge in [-0.05, 0) is 42.4 Å². The van der Waals surface area contributed by atoms with Gasteiger partial charge < -0.3 is 10.6 Å². The molecule has 1 aliphatic rings. The zero-order chi connectivity index (χ0) is 24.1. The Balaban J connectivity index is 1.49. The molecule has 0 aromatic heterocycles. The largest absolute Gasteiger partial charge is 0.326 e. The Bertz CT molecular complexity index is 1170. The number of halogens is 1. The quantitative estimate of drug-likeness (QED) is 0.484. The SMILES string of the molecule is CN(CC(=O)Nc1ccc(Cl)cc1)CN1C(=O)N[C@@](Cc2ccccc2)(c2ccccc2)C1=O. The van der Waals surface area contributed by atoms with Gasteiger partial charge in [-0.1, -0.05) is 72.3 Å². The highest BCUT2D eigenvalue weighted by Crippen LogP contribution is 2.33. The second-order valence-corrected chi connectivity index (χ2v) is 8.74. The minimum atomic E-state index is -1.22. The van der Waals surface area contributed by atoms with Gasteiger partial charge in [0, 0.05) is 17.1 Å². The fourth-order valence-corrected chi connectivity index (χ4v) is 4.19. The highest BCUT2D eigenvalue weighted by molar-refractivity contribution is 6.30. The number of anilines is 1. The van der Waals surface area contributed by atoms with Crippen molar-refractivity contribution < 1.29 is 14.4 Å². The van der Waals surface area contributed by atoms with Crippen molar-refractivity contribution in [2.24, 2.45) is 0 Å². The number of urea groups is 1. The van der Waals surface area contributed by atoms with Crippen LogP contribution >= 0.6 is 11.6 Å². The van der Waals surface area contributed by atoms with Crippen molar-refractivity contribution >= 4 is 35.1 Å². The summed E-state index contributed by atoms with van der Waals surface area (Å²) in [6, 6.07) is 25.1. The zero-order valence-corrected chi connectivity index (χ0v) is 19.5. The summed E-state index contributed by atoms with van der Waals surface area (Å²) in [5, 5.41) is 6.29. The number of likely N-dealkylation sites (N-methyl/N-ethyl adjacent to an activating group) is 1. The fourth-order valence-electron chi connectivity index (χ4n) is 4.07. The van der Waals surface area contributed by atoms with Gasteiger partial charge in [-0.3, -0.25) is 14.5 Å². The molecule has 3 aromatic carbocycles. The van der Waals surface area contributed by atoms with Crippen molar-refractivity contribution in [2.75, 3.05) is 25.6 Å². The van der Waals surface area contributed by atoms with E-state index in [4.69, 9.17) is 11.6 Å². The summed E-state index contributed by atoms with van der Waals surface area (Å²) in [5.74, 6) is -0.618. The summed E-state index contributed by atoms with van der Waals surface area (Å²) in [6.45, 7) is -0.0290. The number of hydrogen-bond donors (Lipinski definition) is 2. The van der Waals surface area contributed by atoms with Crippen LogP contribution in [0.4, 0.5) is 10.5 Å². The molecule has 34 heavy (non-hydrogen) atoms. The number of rotatable bonds is 8. The first-order chi connectivity index (χ1) is 16.4. The first kappa shape index (κ1) is 23.5. The topological polar surface area (TPSA) is 81.8 Å². The highest BCUT2D eigenvalue weighted by Gasteiger charge is 2.52. The van der Waals surface area contributed by atoms with Crippen molar-refractivity contribution in [1.82, 2.24) is 15.1 Å². The summed E-state index contributed by atoms with van der Waals surface area (Å²) < 4.78 is 0. The molecule has 2 N–H and O–H groups in total. The van der Waals surface area contributed by atoms with Crippen LogP contribution in [0.1, 0.15) is 11.1 Å². The Kier molecular flexibility index (Phi) is 6.95. The third kappa shape index (κ3) is 5.11. The van der Waals surface area contributed by atoms with E-state index in [1.807, 2.05) is 60.7 Å². The van der Waals surface area contributed by atoms with Crippen LogP contribution in [0, 0.1) is 0 Å². The molecule has 0 unspecified atom stereocenters. The van der Waals surface area contributed by atoms with E-state index in [1.54, 1.807) is 36.2 Å². The molecular weight excluding hydrogens is 452 g/mol. The Labute approximate surface area is 203 Å². The predicted octanol–water partition coefficient (Wildman–Crippen LogP) is 3.86. The van der Waals surface area contributed by atoms with E-state index in [0.29, 0.717) is 22.7 Å². The van der Waals surface area contributed by atoms with Gasteiger partial charge >= 0.3 is 6.03 Å². The van der Waals surface area contributed by atoms with Gasteiger partial charge in [0.1, 0.15) is 0 Å². The van der Waals surface area contributed by atoms with Crippen LogP contribution in [0.25, 0.3) is 0 Å². The van der Waals surface area contributed by atoms with Crippen LogP contribution in [0.2, 0.25) is 5.02 Å². The summed E-state index contributed by atoms with van der Waals surface area (Å²) in [6.07, 6.45) is 0.319. The normalized spacial score (nSPS) is 17.7. The average Bonchev–Trinajstić information content (AvgIpc) is 3.06. The number of hydrogen-bond acceptors (Lipinski definition) is 4. The van der Waals surface area contributed by atoms with Gasteiger partial charge in [0.15, 0.2) is 5.54 Å². The van der Waals surface area contributed by atoms with Crippen LogP contribution < -0.4 is 10.6 Å². The van der Waals surface area contributed by atoms with Crippen LogP contribution in [0.15, 0.2) is 84.9 Å². The van der Waals surface area contributed by atoms with Crippen molar-refractivity contribution in [3.63, 3.8) is 0 Å². The highest BCUT2D eigenvalue weighted by atomic mass is 35.5. The Morgan fingerprint density at radius 2 is 1.59 bits per heavy atom. The predicted molar refractivity (Wildman–Crippen MR) is 131 cm³/mol. The van der Waals surface area contributed by atoms with Crippen molar-refractivity contribution in [2.45, 2.75) is 12.0 Å². The second-order valence-electron chi connectivity index (χ2n) is 8.31. The molecule has 0 saturated carbocycles. The lowest BCUT2D eigenvalue weighted by molar-refractivity contribution is -0.133. The Morgan fingerprint density at radius 1 is 0.971 bits per heavy atom. The molecule has 0 aliphatic carbocycles. The molecule has 4 amide bonds. The molecule has 1 aliphatic heterocycles. The molecule has 4 rings (SSSR count). The summed E-state index contributed by atoms with van der Waals surface area (Å²) in [4.78, 5) is 41.9. The number of imide groups is 1. The fraction of sp³-hybridized carbons (Fsp3) is 0.192. The lowest BCUT2D eigenvalue weighted by Gasteiger charge is -2.28. The maximum Gasteiger partial charge on any atom is 0.326 e. The Hall–Kier alpha value is -3.68. The van der Waals surface area contributed by atoms with Crippen LogP contribution in [-0.2, 0) is 21.5 Å². The summed E-state index contributed by atoms with van der Waals surface area (Å²) in [5.41, 5.74) is 1.04. The number of amides is 4. The van der Waals surface area contributed by atoms with Crippen LogP contribution in [0.3, 0.4) is 0 Å². The van der Waals surface area contributed by atoms with Gasteiger partial charge in [-0.2, -0.15) is 0 Å². The first-order valence-corrected chi connectivity index (χ1v) is 11.2. The van der Waals surface area contributed by atoms with Gasteiger partial charge in [0.05, 0.1) is 13.2 Å².